The maximum absolute atomic E-state index is 4.54. The zero-order valence-corrected chi connectivity index (χ0v) is 19.2. The average Bonchev–Trinajstić information content (AvgIpc) is 3.10. The van der Waals surface area contributed by atoms with Gasteiger partial charge in [-0.1, -0.05) is 0 Å². The molecular weight excluding hydrogens is 471 g/mol. The summed E-state index contributed by atoms with van der Waals surface area (Å²) >= 11 is 1.75. The Morgan fingerprint density at radius 3 is 2.74 bits per heavy atom. The molecule has 0 saturated carbocycles. The predicted molar refractivity (Wildman–Crippen MR) is 124 cm³/mol. The number of anilines is 1. The van der Waals surface area contributed by atoms with Gasteiger partial charge in [-0.15, -0.1) is 35.3 Å². The van der Waals surface area contributed by atoms with Gasteiger partial charge in [0.15, 0.2) is 5.96 Å². The third-order valence-electron chi connectivity index (χ3n) is 4.47. The molecule has 0 radical (unpaired) electrons. The van der Waals surface area contributed by atoms with Crippen LogP contribution >= 0.6 is 35.3 Å². The fourth-order valence-corrected chi connectivity index (χ4v) is 3.86. The van der Waals surface area contributed by atoms with E-state index in [4.69, 9.17) is 0 Å². The number of rotatable bonds is 6. The number of halogens is 1. The highest BCUT2D eigenvalue weighted by Crippen LogP contribution is 2.18. The van der Waals surface area contributed by atoms with Gasteiger partial charge in [0.05, 0.1) is 5.01 Å². The number of pyridine rings is 1. The van der Waals surface area contributed by atoms with Crippen molar-refractivity contribution in [1.29, 1.82) is 0 Å². The number of nitrogens with one attached hydrogen (secondary N) is 2. The number of hydrogen-bond donors (Lipinski definition) is 2. The van der Waals surface area contributed by atoms with Crippen LogP contribution in [0.1, 0.15) is 34.7 Å². The first kappa shape index (κ1) is 21.9. The molecular formula is C19H29IN6S. The summed E-state index contributed by atoms with van der Waals surface area (Å²) in [5, 5.41) is 7.90. The van der Waals surface area contributed by atoms with Gasteiger partial charge in [-0.05, 0) is 43.9 Å². The summed E-state index contributed by atoms with van der Waals surface area (Å²) in [6.07, 6.45) is 8.60. The Balaban J connectivity index is 0.00000261. The van der Waals surface area contributed by atoms with E-state index >= 15 is 0 Å². The Labute approximate surface area is 182 Å². The van der Waals surface area contributed by atoms with Gasteiger partial charge in [0, 0.05) is 56.9 Å². The van der Waals surface area contributed by atoms with Crippen LogP contribution in [0, 0.1) is 6.92 Å². The highest BCUT2D eigenvalue weighted by Gasteiger charge is 2.12. The Morgan fingerprint density at radius 2 is 2.04 bits per heavy atom. The quantitative estimate of drug-likeness (QED) is 0.362. The number of aryl methyl sites for hydroxylation is 1. The minimum Gasteiger partial charge on any atom is -0.357 e. The molecule has 0 bridgehead atoms. The van der Waals surface area contributed by atoms with Crippen molar-refractivity contribution in [3.8, 4) is 0 Å². The fraction of sp³-hybridized carbons (Fsp3) is 0.526. The summed E-state index contributed by atoms with van der Waals surface area (Å²) < 4.78 is 0. The number of thiazole rings is 1. The lowest BCUT2D eigenvalue weighted by molar-refractivity contribution is 0.573. The molecule has 1 fully saturated rings. The minimum absolute atomic E-state index is 0. The van der Waals surface area contributed by atoms with Crippen LogP contribution in [-0.2, 0) is 13.0 Å². The molecule has 0 spiro atoms. The first-order valence-electron chi connectivity index (χ1n) is 9.30. The topological polar surface area (TPSA) is 65.4 Å². The van der Waals surface area contributed by atoms with Crippen molar-refractivity contribution < 1.29 is 0 Å². The van der Waals surface area contributed by atoms with Gasteiger partial charge >= 0.3 is 0 Å². The molecule has 1 aliphatic rings. The maximum Gasteiger partial charge on any atom is 0.191 e. The molecule has 2 N–H and O–H groups in total. The molecule has 0 aliphatic carbocycles. The largest absolute Gasteiger partial charge is 0.357 e. The predicted octanol–water partition coefficient (Wildman–Crippen LogP) is 3.36. The minimum atomic E-state index is 0. The average molecular weight is 500 g/mol. The van der Waals surface area contributed by atoms with Crippen LogP contribution in [-0.4, -0.2) is 42.6 Å². The molecule has 1 aliphatic heterocycles. The molecule has 2 aromatic rings. The highest BCUT2D eigenvalue weighted by molar-refractivity contribution is 14.0. The van der Waals surface area contributed by atoms with E-state index in [1.165, 1.54) is 29.7 Å². The van der Waals surface area contributed by atoms with Crippen molar-refractivity contribution in [2.75, 3.05) is 31.6 Å². The fourth-order valence-electron chi connectivity index (χ4n) is 3.08. The molecule has 3 heterocycles. The molecule has 148 valence electrons. The normalized spacial score (nSPS) is 14.6. The van der Waals surface area contributed by atoms with Gasteiger partial charge < -0.3 is 15.5 Å². The lowest BCUT2D eigenvalue weighted by Gasteiger charge is -2.28. The van der Waals surface area contributed by atoms with Crippen LogP contribution in [0.3, 0.4) is 0 Å². The van der Waals surface area contributed by atoms with E-state index in [-0.39, 0.29) is 24.0 Å². The number of piperidine rings is 1. The Hall–Kier alpha value is -1.42. The van der Waals surface area contributed by atoms with E-state index in [9.17, 15) is 0 Å². The molecule has 3 rings (SSSR count). The monoisotopic (exact) mass is 500 g/mol. The van der Waals surface area contributed by atoms with E-state index in [1.807, 2.05) is 12.4 Å². The molecule has 27 heavy (non-hydrogen) atoms. The SMILES string of the molecule is CN=C(NCCc1ncc(C)s1)NCc1ccnc(N2CCCCC2)c1.I. The van der Waals surface area contributed by atoms with Gasteiger partial charge in [0.1, 0.15) is 5.82 Å². The van der Waals surface area contributed by atoms with Gasteiger partial charge in [-0.25, -0.2) is 9.97 Å². The molecule has 2 aromatic heterocycles. The van der Waals surface area contributed by atoms with Crippen molar-refractivity contribution >= 4 is 47.1 Å². The van der Waals surface area contributed by atoms with Gasteiger partial charge in [0.2, 0.25) is 0 Å². The summed E-state index contributed by atoms with van der Waals surface area (Å²) in [6.45, 7) is 5.87. The second kappa shape index (κ2) is 11.4. The van der Waals surface area contributed by atoms with Crippen LogP contribution < -0.4 is 15.5 Å². The van der Waals surface area contributed by atoms with E-state index in [0.29, 0.717) is 0 Å². The summed E-state index contributed by atoms with van der Waals surface area (Å²) in [6, 6.07) is 4.25. The third-order valence-corrected chi connectivity index (χ3v) is 5.45. The molecule has 0 atom stereocenters. The lowest BCUT2D eigenvalue weighted by Crippen LogP contribution is -2.38. The zero-order chi connectivity index (χ0) is 18.2. The second-order valence-electron chi connectivity index (χ2n) is 6.54. The lowest BCUT2D eigenvalue weighted by atomic mass is 10.1. The molecule has 8 heteroatoms. The summed E-state index contributed by atoms with van der Waals surface area (Å²) in [5.41, 5.74) is 1.22. The first-order valence-corrected chi connectivity index (χ1v) is 10.1. The number of hydrogen-bond acceptors (Lipinski definition) is 5. The van der Waals surface area contributed by atoms with Crippen molar-refractivity contribution in [3.63, 3.8) is 0 Å². The summed E-state index contributed by atoms with van der Waals surface area (Å²) in [4.78, 5) is 16.9. The molecule has 0 aromatic carbocycles. The smallest absolute Gasteiger partial charge is 0.191 e. The van der Waals surface area contributed by atoms with Gasteiger partial charge in [0.25, 0.3) is 0 Å². The second-order valence-corrected chi connectivity index (χ2v) is 7.86. The maximum atomic E-state index is 4.54. The third kappa shape index (κ3) is 6.91. The molecule has 0 amide bonds. The Morgan fingerprint density at radius 1 is 1.22 bits per heavy atom. The number of guanidine groups is 1. The number of aliphatic imine (C=N–C) groups is 1. The first-order chi connectivity index (χ1) is 12.7. The molecule has 6 nitrogen and oxygen atoms in total. The van der Waals surface area contributed by atoms with Crippen LogP contribution in [0.25, 0.3) is 0 Å². The van der Waals surface area contributed by atoms with E-state index in [0.717, 1.165) is 49.4 Å². The Bertz CT molecular complexity index is 726. The van der Waals surface area contributed by atoms with Crippen molar-refractivity contribution in [1.82, 2.24) is 20.6 Å². The van der Waals surface area contributed by atoms with Gasteiger partial charge in [-0.2, -0.15) is 0 Å². The van der Waals surface area contributed by atoms with Crippen molar-refractivity contribution in [2.45, 2.75) is 39.2 Å². The van der Waals surface area contributed by atoms with Gasteiger partial charge in [-0.3, -0.25) is 4.99 Å². The summed E-state index contributed by atoms with van der Waals surface area (Å²) in [5.74, 6) is 1.90. The standard InChI is InChI=1S/C19H28N6S.HI/c1-15-13-23-18(26-15)7-9-22-19(20-2)24-14-16-6-8-21-17(12-16)25-10-4-3-5-11-25;/h6,8,12-13H,3-5,7,9-11,14H2,1-2H3,(H2,20,22,24);1H. The molecule has 1 saturated heterocycles. The van der Waals surface area contributed by atoms with Crippen LogP contribution in [0.5, 0.6) is 0 Å². The van der Waals surface area contributed by atoms with E-state index in [2.05, 4.69) is 49.6 Å². The van der Waals surface area contributed by atoms with Crippen LogP contribution in [0.4, 0.5) is 5.82 Å². The number of aromatic nitrogens is 2. The zero-order valence-electron chi connectivity index (χ0n) is 16.1. The highest BCUT2D eigenvalue weighted by atomic mass is 127. The Kier molecular flexibility index (Phi) is 9.26. The van der Waals surface area contributed by atoms with E-state index < -0.39 is 0 Å². The molecule has 0 unspecified atom stereocenters. The van der Waals surface area contributed by atoms with Crippen molar-refractivity contribution in [3.05, 3.63) is 40.0 Å². The van der Waals surface area contributed by atoms with E-state index in [1.54, 1.807) is 18.4 Å². The van der Waals surface area contributed by atoms with Crippen LogP contribution in [0.2, 0.25) is 0 Å². The number of nitrogens with zero attached hydrogens (tertiary/aromatic N) is 4. The van der Waals surface area contributed by atoms with Crippen LogP contribution in [0.15, 0.2) is 29.5 Å². The van der Waals surface area contributed by atoms with Crippen molar-refractivity contribution in [2.24, 2.45) is 4.99 Å². The summed E-state index contributed by atoms with van der Waals surface area (Å²) in [7, 11) is 1.80.